The number of carbonyl (C=O) groups excluding carboxylic acids is 1. The van der Waals surface area contributed by atoms with E-state index in [-0.39, 0.29) is 46.6 Å². The van der Waals surface area contributed by atoms with Gasteiger partial charge in [-0.15, -0.1) is 0 Å². The molecule has 0 spiro atoms. The SMILES string of the molecule is CN(C)C/C=C/C(=O)Nc1cccc2c1COc1[nH]c(=O)c3c(N)n(-c4cc(O)ccc4F)nc3c1-2. The van der Waals surface area contributed by atoms with Crippen LogP contribution in [-0.4, -0.2) is 51.3 Å². The summed E-state index contributed by atoms with van der Waals surface area (Å²) in [7, 11) is 3.80. The summed E-state index contributed by atoms with van der Waals surface area (Å²) >= 11 is 0. The number of likely N-dealkylation sites (N-methyl/N-ethyl adjacent to an activating group) is 1. The zero-order valence-corrected chi connectivity index (χ0v) is 19.5. The number of nitrogens with one attached hydrogen (secondary N) is 2. The van der Waals surface area contributed by atoms with E-state index in [1.165, 1.54) is 18.2 Å². The average molecular weight is 490 g/mol. The number of anilines is 2. The summed E-state index contributed by atoms with van der Waals surface area (Å²) < 4.78 is 21.5. The first kappa shape index (κ1) is 23.1. The normalized spacial score (nSPS) is 12.6. The van der Waals surface area contributed by atoms with Crippen LogP contribution in [0.15, 0.2) is 53.3 Å². The molecule has 36 heavy (non-hydrogen) atoms. The van der Waals surface area contributed by atoms with Crippen LogP contribution in [0.1, 0.15) is 5.56 Å². The van der Waals surface area contributed by atoms with E-state index in [0.717, 1.165) is 10.7 Å². The van der Waals surface area contributed by atoms with Crippen molar-refractivity contribution in [3.05, 3.63) is 70.3 Å². The fraction of sp³-hybridized carbons (Fsp3) is 0.160. The molecule has 0 bridgehead atoms. The molecular formula is C25H23FN6O4. The second kappa shape index (κ2) is 8.86. The first-order chi connectivity index (χ1) is 17.2. The molecule has 0 unspecified atom stereocenters. The fourth-order valence-corrected chi connectivity index (χ4v) is 4.15. The Balaban J connectivity index is 1.64. The van der Waals surface area contributed by atoms with Crippen molar-refractivity contribution in [1.29, 1.82) is 0 Å². The molecule has 5 rings (SSSR count). The molecule has 11 heteroatoms. The lowest BCUT2D eigenvalue weighted by molar-refractivity contribution is -0.111. The lowest BCUT2D eigenvalue weighted by Gasteiger charge is -2.22. The molecule has 5 N–H and O–H groups in total. The highest BCUT2D eigenvalue weighted by atomic mass is 19.1. The quantitative estimate of drug-likeness (QED) is 0.316. The van der Waals surface area contributed by atoms with Crippen molar-refractivity contribution in [3.63, 3.8) is 0 Å². The molecular weight excluding hydrogens is 467 g/mol. The number of rotatable bonds is 5. The standard InChI is InChI=1S/C25H23FN6O4/c1-31(2)10-4-7-19(34)28-17-6-3-5-14-15(17)12-36-25-20(14)22-21(24(35)29-25)23(27)32(30-22)18-11-13(33)8-9-16(18)26/h3-9,11,33H,10,12,27H2,1-2H3,(H,28,34)(H,29,35)/b7-4+. The average Bonchev–Trinajstić information content (AvgIpc) is 3.17. The van der Waals surface area contributed by atoms with Crippen LogP contribution in [-0.2, 0) is 11.4 Å². The van der Waals surface area contributed by atoms with Crippen molar-refractivity contribution >= 4 is 28.3 Å². The Hall–Kier alpha value is -4.64. The highest BCUT2D eigenvalue weighted by Crippen LogP contribution is 2.43. The fourth-order valence-electron chi connectivity index (χ4n) is 4.15. The first-order valence-corrected chi connectivity index (χ1v) is 11.0. The van der Waals surface area contributed by atoms with Crippen LogP contribution in [0.25, 0.3) is 27.7 Å². The summed E-state index contributed by atoms with van der Waals surface area (Å²) in [5.41, 5.74) is 8.13. The Morgan fingerprint density at radius 3 is 2.94 bits per heavy atom. The Morgan fingerprint density at radius 1 is 1.36 bits per heavy atom. The smallest absolute Gasteiger partial charge is 0.264 e. The topological polar surface area (TPSA) is 138 Å². The second-order valence-corrected chi connectivity index (χ2v) is 8.59. The number of halogens is 1. The number of fused-ring (bicyclic) bond motifs is 5. The van der Waals surface area contributed by atoms with Gasteiger partial charge in [-0.2, -0.15) is 5.10 Å². The van der Waals surface area contributed by atoms with E-state index in [1.54, 1.807) is 18.2 Å². The number of ether oxygens (including phenoxy) is 1. The van der Waals surface area contributed by atoms with Crippen molar-refractivity contribution in [2.75, 3.05) is 31.7 Å². The van der Waals surface area contributed by atoms with Gasteiger partial charge in [0, 0.05) is 29.9 Å². The van der Waals surface area contributed by atoms with E-state index in [9.17, 15) is 19.1 Å². The summed E-state index contributed by atoms with van der Waals surface area (Å²) in [4.78, 5) is 29.9. The number of nitrogens with two attached hydrogens (primary N) is 1. The van der Waals surface area contributed by atoms with Gasteiger partial charge in [-0.3, -0.25) is 14.6 Å². The number of phenolic OH excluding ortho intramolecular Hbond substituents is 1. The number of nitrogens with zero attached hydrogens (tertiary/aromatic N) is 3. The van der Waals surface area contributed by atoms with E-state index in [1.807, 2.05) is 25.1 Å². The monoisotopic (exact) mass is 490 g/mol. The summed E-state index contributed by atoms with van der Waals surface area (Å²) in [6, 6.07) is 8.78. The third kappa shape index (κ3) is 3.95. The molecule has 1 aliphatic rings. The molecule has 0 atom stereocenters. The molecule has 10 nitrogen and oxygen atoms in total. The van der Waals surface area contributed by atoms with Gasteiger partial charge >= 0.3 is 0 Å². The largest absolute Gasteiger partial charge is 0.508 e. The minimum absolute atomic E-state index is 0.0500. The van der Waals surface area contributed by atoms with E-state index < -0.39 is 11.4 Å². The minimum Gasteiger partial charge on any atom is -0.508 e. The number of hydrogen-bond donors (Lipinski definition) is 4. The van der Waals surface area contributed by atoms with Gasteiger partial charge in [-0.1, -0.05) is 18.2 Å². The molecule has 1 aliphatic heterocycles. The maximum Gasteiger partial charge on any atom is 0.264 e. The number of phenols is 1. The summed E-state index contributed by atoms with van der Waals surface area (Å²) in [5.74, 6) is -1.07. The molecule has 184 valence electrons. The van der Waals surface area contributed by atoms with Crippen molar-refractivity contribution in [3.8, 4) is 28.4 Å². The van der Waals surface area contributed by atoms with Gasteiger partial charge < -0.3 is 25.8 Å². The number of carbonyl (C=O) groups is 1. The zero-order chi connectivity index (χ0) is 25.6. The maximum atomic E-state index is 14.6. The van der Waals surface area contributed by atoms with E-state index in [4.69, 9.17) is 10.5 Å². The lowest BCUT2D eigenvalue weighted by Crippen LogP contribution is -2.17. The highest BCUT2D eigenvalue weighted by Gasteiger charge is 2.28. The number of aromatic nitrogens is 3. The number of pyridine rings is 1. The van der Waals surface area contributed by atoms with Gasteiger partial charge in [0.25, 0.3) is 5.56 Å². The molecule has 3 heterocycles. The van der Waals surface area contributed by atoms with Crippen molar-refractivity contribution in [2.45, 2.75) is 6.61 Å². The zero-order valence-electron chi connectivity index (χ0n) is 19.5. The number of aromatic hydroxyl groups is 1. The molecule has 0 aliphatic carbocycles. The number of amides is 1. The number of nitrogen functional groups attached to an aromatic ring is 1. The molecule has 0 saturated carbocycles. The van der Waals surface area contributed by atoms with E-state index in [0.29, 0.717) is 28.9 Å². The van der Waals surface area contributed by atoms with Gasteiger partial charge in [-0.05, 0) is 37.9 Å². The molecule has 2 aromatic heterocycles. The second-order valence-electron chi connectivity index (χ2n) is 8.59. The molecule has 0 fully saturated rings. The Labute approximate surface area is 204 Å². The molecule has 2 aromatic carbocycles. The van der Waals surface area contributed by atoms with Crippen LogP contribution in [0.2, 0.25) is 0 Å². The van der Waals surface area contributed by atoms with Crippen LogP contribution < -0.4 is 21.3 Å². The van der Waals surface area contributed by atoms with Crippen LogP contribution in [0.5, 0.6) is 11.6 Å². The number of hydrogen-bond acceptors (Lipinski definition) is 7. The van der Waals surface area contributed by atoms with Crippen LogP contribution in [0, 0.1) is 5.82 Å². The lowest BCUT2D eigenvalue weighted by atomic mass is 9.96. The third-order valence-electron chi connectivity index (χ3n) is 5.80. The Morgan fingerprint density at radius 2 is 2.17 bits per heavy atom. The summed E-state index contributed by atoms with van der Waals surface area (Å²) in [5, 5.41) is 17.2. The highest BCUT2D eigenvalue weighted by molar-refractivity contribution is 6.04. The van der Waals surface area contributed by atoms with Gasteiger partial charge in [0.05, 0.1) is 5.56 Å². The molecule has 1 amide bonds. The molecule has 4 aromatic rings. The van der Waals surface area contributed by atoms with Gasteiger partial charge in [0.2, 0.25) is 11.8 Å². The molecule has 0 radical (unpaired) electrons. The minimum atomic E-state index is -0.679. The van der Waals surface area contributed by atoms with Gasteiger partial charge in [0.1, 0.15) is 40.6 Å². The summed E-state index contributed by atoms with van der Waals surface area (Å²) in [6.07, 6.45) is 3.21. The van der Waals surface area contributed by atoms with Crippen molar-refractivity contribution in [2.24, 2.45) is 0 Å². The number of H-pyrrole nitrogens is 1. The van der Waals surface area contributed by atoms with Crippen LogP contribution in [0.3, 0.4) is 0 Å². The summed E-state index contributed by atoms with van der Waals surface area (Å²) in [6.45, 7) is 0.713. The van der Waals surface area contributed by atoms with Gasteiger partial charge in [0.15, 0.2) is 0 Å². The maximum absolute atomic E-state index is 14.6. The van der Waals surface area contributed by atoms with Gasteiger partial charge in [-0.25, -0.2) is 9.07 Å². The Kier molecular flexibility index (Phi) is 5.69. The van der Waals surface area contributed by atoms with Crippen molar-refractivity contribution < 1.29 is 19.0 Å². The van der Waals surface area contributed by atoms with Crippen LogP contribution in [0.4, 0.5) is 15.9 Å². The molecule has 0 saturated heterocycles. The van der Waals surface area contributed by atoms with Crippen LogP contribution >= 0.6 is 0 Å². The number of benzene rings is 2. The van der Waals surface area contributed by atoms with E-state index >= 15 is 0 Å². The third-order valence-corrected chi connectivity index (χ3v) is 5.80. The first-order valence-electron chi connectivity index (χ1n) is 11.0. The predicted octanol–water partition coefficient (Wildman–Crippen LogP) is 2.76. The number of aromatic amines is 1. The Bertz CT molecular complexity index is 1600. The van der Waals surface area contributed by atoms with Crippen molar-refractivity contribution in [1.82, 2.24) is 19.7 Å². The van der Waals surface area contributed by atoms with E-state index in [2.05, 4.69) is 15.4 Å². The predicted molar refractivity (Wildman–Crippen MR) is 134 cm³/mol.